The molecule has 118 valence electrons. The van der Waals surface area contributed by atoms with E-state index in [1.54, 1.807) is 4.90 Å². The molecule has 3 atom stereocenters. The number of unbranched alkanes of at least 4 members (excludes halogenated alkanes) is 1. The molecule has 1 aliphatic heterocycles. The van der Waals surface area contributed by atoms with Crippen LogP contribution in [0.3, 0.4) is 0 Å². The summed E-state index contributed by atoms with van der Waals surface area (Å²) in [6.45, 7) is 4.83. The molecule has 1 aliphatic carbocycles. The molecule has 2 bridgehead atoms. The molecule has 22 heavy (non-hydrogen) atoms. The van der Waals surface area contributed by atoms with Gasteiger partial charge in [-0.3, -0.25) is 4.79 Å². The monoisotopic (exact) mass is 299 g/mol. The first-order chi connectivity index (χ1) is 10.6. The second kappa shape index (κ2) is 5.88. The molecule has 1 fully saturated rings. The first kappa shape index (κ1) is 15.3. The quantitative estimate of drug-likeness (QED) is 0.925. The first-order valence-corrected chi connectivity index (χ1v) is 8.37. The molecular formula is C19H25NO2. The highest BCUT2D eigenvalue weighted by Crippen LogP contribution is 2.47. The van der Waals surface area contributed by atoms with Crippen molar-refractivity contribution in [2.24, 2.45) is 11.8 Å². The third kappa shape index (κ3) is 2.38. The van der Waals surface area contributed by atoms with Gasteiger partial charge in [0.1, 0.15) is 5.72 Å². The second-order valence-electron chi connectivity index (χ2n) is 6.64. The Morgan fingerprint density at radius 3 is 2.73 bits per heavy atom. The van der Waals surface area contributed by atoms with Crippen molar-refractivity contribution in [3.05, 3.63) is 42.0 Å². The van der Waals surface area contributed by atoms with Crippen LogP contribution in [-0.2, 0) is 4.79 Å². The van der Waals surface area contributed by atoms with E-state index in [2.05, 4.69) is 32.1 Å². The number of amides is 1. The number of nitrogens with zero attached hydrogens (tertiary/aromatic N) is 1. The van der Waals surface area contributed by atoms with E-state index in [0.717, 1.165) is 30.4 Å². The zero-order valence-corrected chi connectivity index (χ0v) is 13.5. The maximum Gasteiger partial charge on any atom is 0.232 e. The van der Waals surface area contributed by atoms with Gasteiger partial charge in [0, 0.05) is 18.9 Å². The molecule has 0 saturated carbocycles. The van der Waals surface area contributed by atoms with Crippen LogP contribution in [-0.4, -0.2) is 28.2 Å². The van der Waals surface area contributed by atoms with E-state index in [4.69, 9.17) is 0 Å². The van der Waals surface area contributed by atoms with Crippen LogP contribution in [0.1, 0.15) is 45.1 Å². The van der Waals surface area contributed by atoms with Gasteiger partial charge in [0.25, 0.3) is 0 Å². The van der Waals surface area contributed by atoms with Crippen LogP contribution in [0.4, 0.5) is 0 Å². The van der Waals surface area contributed by atoms with Crippen molar-refractivity contribution in [2.45, 2.75) is 45.3 Å². The molecule has 2 aliphatic rings. The van der Waals surface area contributed by atoms with Gasteiger partial charge >= 0.3 is 0 Å². The molecule has 1 aromatic rings. The number of carbonyl (C=O) groups is 1. The molecular weight excluding hydrogens is 274 g/mol. The summed E-state index contributed by atoms with van der Waals surface area (Å²) in [7, 11) is 0. The molecule has 0 radical (unpaired) electrons. The number of allylic oxidation sites excluding steroid dienone is 1. The van der Waals surface area contributed by atoms with E-state index < -0.39 is 5.72 Å². The van der Waals surface area contributed by atoms with Crippen LogP contribution in [0.2, 0.25) is 0 Å². The summed E-state index contributed by atoms with van der Waals surface area (Å²) in [5.41, 5.74) is 1.21. The lowest BCUT2D eigenvalue weighted by atomic mass is 9.89. The molecule has 1 N–H and O–H groups in total. The van der Waals surface area contributed by atoms with E-state index in [1.807, 2.05) is 18.2 Å². The van der Waals surface area contributed by atoms with Gasteiger partial charge in [0.15, 0.2) is 0 Å². The van der Waals surface area contributed by atoms with E-state index in [1.165, 1.54) is 0 Å². The van der Waals surface area contributed by atoms with Gasteiger partial charge in [-0.15, -0.1) is 0 Å². The number of hydrogen-bond donors (Lipinski definition) is 1. The number of aliphatic hydroxyl groups is 1. The Hall–Kier alpha value is -1.61. The first-order valence-electron chi connectivity index (χ1n) is 8.37. The van der Waals surface area contributed by atoms with E-state index in [0.29, 0.717) is 13.0 Å². The lowest BCUT2D eigenvalue weighted by molar-refractivity contribution is -0.155. The maximum absolute atomic E-state index is 12.9. The van der Waals surface area contributed by atoms with Gasteiger partial charge in [-0.05, 0) is 24.0 Å². The Bertz CT molecular complexity index is 580. The van der Waals surface area contributed by atoms with Crippen molar-refractivity contribution in [1.29, 1.82) is 0 Å². The summed E-state index contributed by atoms with van der Waals surface area (Å²) in [6, 6.07) is 10.1. The predicted octanol–water partition coefficient (Wildman–Crippen LogP) is 3.45. The Morgan fingerprint density at radius 1 is 1.32 bits per heavy atom. The molecule has 3 rings (SSSR count). The number of carbonyl (C=O) groups excluding carboxylic acids is 1. The lowest BCUT2D eigenvalue weighted by Crippen LogP contribution is -2.50. The minimum Gasteiger partial charge on any atom is -0.370 e. The standard InChI is InChI=1S/C19H25NO2/c1-3-4-12-20-18(21)17-13-19(20,22)14(2)10-11-16(17)15-8-6-5-7-9-15/h5-9,11,14,17,22H,3-4,10,12-13H2,1-2H3. The number of benzene rings is 1. The van der Waals surface area contributed by atoms with E-state index in [9.17, 15) is 9.90 Å². The van der Waals surface area contributed by atoms with Crippen LogP contribution < -0.4 is 0 Å². The summed E-state index contributed by atoms with van der Waals surface area (Å²) < 4.78 is 0. The van der Waals surface area contributed by atoms with Gasteiger partial charge in [-0.2, -0.15) is 0 Å². The highest BCUT2D eigenvalue weighted by molar-refractivity contribution is 5.94. The summed E-state index contributed by atoms with van der Waals surface area (Å²) >= 11 is 0. The van der Waals surface area contributed by atoms with Crippen molar-refractivity contribution in [3.8, 4) is 0 Å². The predicted molar refractivity (Wildman–Crippen MR) is 87.9 cm³/mol. The Labute approximate surface area is 132 Å². The number of hydrogen-bond acceptors (Lipinski definition) is 2. The fourth-order valence-electron chi connectivity index (χ4n) is 3.79. The second-order valence-corrected chi connectivity index (χ2v) is 6.64. The Kier molecular flexibility index (Phi) is 4.09. The molecule has 0 spiro atoms. The van der Waals surface area contributed by atoms with Crippen molar-refractivity contribution < 1.29 is 9.90 Å². The molecule has 3 unspecified atom stereocenters. The van der Waals surface area contributed by atoms with Crippen molar-refractivity contribution in [2.75, 3.05) is 6.54 Å². The third-order valence-corrected chi connectivity index (χ3v) is 5.23. The van der Waals surface area contributed by atoms with Gasteiger partial charge in [0.2, 0.25) is 5.91 Å². The molecule has 1 aromatic carbocycles. The SMILES string of the molecule is CCCCN1C(=O)C2CC1(O)C(C)CC=C2c1ccccc1. The average molecular weight is 299 g/mol. The smallest absolute Gasteiger partial charge is 0.232 e. The summed E-state index contributed by atoms with van der Waals surface area (Å²) in [4.78, 5) is 14.7. The van der Waals surface area contributed by atoms with Crippen LogP contribution in [0.25, 0.3) is 5.57 Å². The summed E-state index contributed by atoms with van der Waals surface area (Å²) in [5.74, 6) is -0.0358. The van der Waals surface area contributed by atoms with Crippen molar-refractivity contribution in [3.63, 3.8) is 0 Å². The van der Waals surface area contributed by atoms with Gasteiger partial charge in [-0.25, -0.2) is 0 Å². The Balaban J connectivity index is 1.97. The van der Waals surface area contributed by atoms with Gasteiger partial charge < -0.3 is 10.0 Å². The fraction of sp³-hybridized carbons (Fsp3) is 0.526. The normalized spacial score (nSPS) is 31.1. The molecule has 1 saturated heterocycles. The molecule has 3 nitrogen and oxygen atoms in total. The average Bonchev–Trinajstić information content (AvgIpc) is 2.70. The molecule has 1 heterocycles. The van der Waals surface area contributed by atoms with Crippen molar-refractivity contribution in [1.82, 2.24) is 4.90 Å². The zero-order valence-electron chi connectivity index (χ0n) is 13.5. The van der Waals surface area contributed by atoms with E-state index >= 15 is 0 Å². The van der Waals surface area contributed by atoms with Crippen LogP contribution >= 0.6 is 0 Å². The number of likely N-dealkylation sites (tertiary alicyclic amines) is 1. The van der Waals surface area contributed by atoms with Crippen LogP contribution in [0.5, 0.6) is 0 Å². The highest BCUT2D eigenvalue weighted by atomic mass is 16.3. The lowest BCUT2D eigenvalue weighted by Gasteiger charge is -2.38. The highest BCUT2D eigenvalue weighted by Gasteiger charge is 2.54. The topological polar surface area (TPSA) is 40.5 Å². The van der Waals surface area contributed by atoms with Crippen LogP contribution in [0, 0.1) is 11.8 Å². The van der Waals surface area contributed by atoms with Gasteiger partial charge in [0.05, 0.1) is 5.92 Å². The minimum atomic E-state index is -0.982. The summed E-state index contributed by atoms with van der Waals surface area (Å²) in [6.07, 6.45) is 5.47. The minimum absolute atomic E-state index is 0.0690. The molecule has 0 aromatic heterocycles. The third-order valence-electron chi connectivity index (χ3n) is 5.23. The number of rotatable bonds is 4. The summed E-state index contributed by atoms with van der Waals surface area (Å²) in [5, 5.41) is 11.2. The van der Waals surface area contributed by atoms with E-state index in [-0.39, 0.29) is 17.7 Å². The van der Waals surface area contributed by atoms with Crippen molar-refractivity contribution >= 4 is 11.5 Å². The Morgan fingerprint density at radius 2 is 2.05 bits per heavy atom. The maximum atomic E-state index is 12.9. The molecule has 3 heteroatoms. The molecule has 1 amide bonds. The largest absolute Gasteiger partial charge is 0.370 e. The zero-order chi connectivity index (χ0) is 15.7. The van der Waals surface area contributed by atoms with Crippen LogP contribution in [0.15, 0.2) is 36.4 Å². The number of fused-ring (bicyclic) bond motifs is 2. The fourth-order valence-corrected chi connectivity index (χ4v) is 3.79. The van der Waals surface area contributed by atoms with Gasteiger partial charge in [-0.1, -0.05) is 56.7 Å².